The maximum Gasteiger partial charge on any atom is 0.269 e. The number of fused-ring (bicyclic) bond motifs is 1. The third-order valence-electron chi connectivity index (χ3n) is 6.11. The highest BCUT2D eigenvalue weighted by molar-refractivity contribution is 7.93. The lowest BCUT2D eigenvalue weighted by molar-refractivity contribution is 0.174. The summed E-state index contributed by atoms with van der Waals surface area (Å²) >= 11 is 0. The zero-order valence-corrected chi connectivity index (χ0v) is 21.3. The Hall–Kier alpha value is -3.98. The fourth-order valence-corrected chi connectivity index (χ4v) is 5.77. The Balaban J connectivity index is 1.74. The van der Waals surface area contributed by atoms with Crippen molar-refractivity contribution in [2.24, 2.45) is 7.05 Å². The number of hydrogen-bond donors (Lipinski definition) is 0. The Labute approximate surface area is 210 Å². The van der Waals surface area contributed by atoms with Gasteiger partial charge in [-0.3, -0.25) is 0 Å². The van der Waals surface area contributed by atoms with Crippen LogP contribution in [0.25, 0.3) is 11.1 Å². The van der Waals surface area contributed by atoms with Crippen LogP contribution in [0.5, 0.6) is 17.4 Å². The molecule has 2 heterocycles. The summed E-state index contributed by atoms with van der Waals surface area (Å²) in [6.45, 7) is 4.27. The zero-order chi connectivity index (χ0) is 25.4. The standard InChI is InChI=1S/C27H27N3O5S/c1-18(2)19-10-13-22(14-11-19)36(31,32)30(21-8-6-5-7-9-21)27-25(26(33-4)28-29(27)3)20-12-15-23-24(16-20)35-17-34-23/h5-16,18H,17H2,1-4H3. The van der Waals surface area contributed by atoms with Crippen LogP contribution in [0, 0.1) is 0 Å². The second-order valence-corrected chi connectivity index (χ2v) is 10.5. The third kappa shape index (κ3) is 4.05. The Morgan fingerprint density at radius 3 is 2.33 bits per heavy atom. The van der Waals surface area contributed by atoms with Gasteiger partial charge in [0.25, 0.3) is 10.0 Å². The normalized spacial score (nSPS) is 12.7. The van der Waals surface area contributed by atoms with Crippen molar-refractivity contribution in [2.75, 3.05) is 18.2 Å². The quantitative estimate of drug-likeness (QED) is 0.331. The third-order valence-corrected chi connectivity index (χ3v) is 7.84. The Morgan fingerprint density at radius 2 is 1.67 bits per heavy atom. The molecule has 1 aromatic heterocycles. The van der Waals surface area contributed by atoms with Gasteiger partial charge in [0.15, 0.2) is 17.3 Å². The van der Waals surface area contributed by atoms with E-state index in [1.807, 2.05) is 24.3 Å². The summed E-state index contributed by atoms with van der Waals surface area (Å²) in [4.78, 5) is 0.174. The van der Waals surface area contributed by atoms with Gasteiger partial charge in [-0.05, 0) is 53.4 Å². The first kappa shape index (κ1) is 23.7. The summed E-state index contributed by atoms with van der Waals surface area (Å²) in [7, 11) is -0.843. The van der Waals surface area contributed by atoms with E-state index >= 15 is 0 Å². The first-order chi connectivity index (χ1) is 17.3. The average molecular weight is 506 g/mol. The van der Waals surface area contributed by atoms with Gasteiger partial charge in [0.2, 0.25) is 12.7 Å². The van der Waals surface area contributed by atoms with Crippen LogP contribution in [0.1, 0.15) is 25.3 Å². The molecule has 36 heavy (non-hydrogen) atoms. The van der Waals surface area contributed by atoms with Crippen LogP contribution in [0.15, 0.2) is 77.7 Å². The lowest BCUT2D eigenvalue weighted by Crippen LogP contribution is -2.28. The van der Waals surface area contributed by atoms with Gasteiger partial charge in [-0.15, -0.1) is 5.10 Å². The minimum absolute atomic E-state index is 0.132. The summed E-state index contributed by atoms with van der Waals surface area (Å²) in [5.41, 5.74) is 2.73. The first-order valence-corrected chi connectivity index (χ1v) is 13.0. The Bertz CT molecular complexity index is 1500. The molecule has 0 bridgehead atoms. The van der Waals surface area contributed by atoms with Gasteiger partial charge in [-0.25, -0.2) is 17.4 Å². The van der Waals surface area contributed by atoms with Crippen LogP contribution in [0.4, 0.5) is 11.5 Å². The number of anilines is 2. The minimum atomic E-state index is -4.05. The molecule has 1 aliphatic heterocycles. The van der Waals surface area contributed by atoms with E-state index in [4.69, 9.17) is 14.2 Å². The number of ether oxygens (including phenoxy) is 3. The van der Waals surface area contributed by atoms with Crippen LogP contribution >= 0.6 is 0 Å². The average Bonchev–Trinajstić information content (AvgIpc) is 3.48. The summed E-state index contributed by atoms with van der Waals surface area (Å²) in [6.07, 6.45) is 0. The van der Waals surface area contributed by atoms with Gasteiger partial charge < -0.3 is 14.2 Å². The molecule has 8 nitrogen and oxygen atoms in total. The molecule has 0 radical (unpaired) electrons. The van der Waals surface area contributed by atoms with Crippen molar-refractivity contribution in [3.05, 3.63) is 78.4 Å². The molecular weight excluding hydrogens is 478 g/mol. The van der Waals surface area contributed by atoms with Crippen LogP contribution in [-0.2, 0) is 17.1 Å². The van der Waals surface area contributed by atoms with E-state index in [2.05, 4.69) is 18.9 Å². The number of para-hydroxylation sites is 1. The second-order valence-electron chi connectivity index (χ2n) is 8.73. The number of methoxy groups -OCH3 is 1. The van der Waals surface area contributed by atoms with E-state index in [0.717, 1.165) is 5.56 Å². The predicted octanol–water partition coefficient (Wildman–Crippen LogP) is 5.47. The smallest absolute Gasteiger partial charge is 0.269 e. The van der Waals surface area contributed by atoms with Crippen molar-refractivity contribution in [2.45, 2.75) is 24.7 Å². The summed E-state index contributed by atoms with van der Waals surface area (Å²) in [6, 6.07) is 21.4. The Morgan fingerprint density at radius 1 is 0.972 bits per heavy atom. The summed E-state index contributed by atoms with van der Waals surface area (Å²) < 4.78 is 47.9. The molecule has 0 spiro atoms. The van der Waals surface area contributed by atoms with E-state index < -0.39 is 10.0 Å². The van der Waals surface area contributed by atoms with Gasteiger partial charge in [-0.1, -0.05) is 50.2 Å². The van der Waals surface area contributed by atoms with Crippen molar-refractivity contribution in [1.82, 2.24) is 9.78 Å². The molecule has 0 amide bonds. The number of rotatable bonds is 7. The SMILES string of the molecule is COc1nn(C)c(N(c2ccccc2)S(=O)(=O)c2ccc(C(C)C)cc2)c1-c1ccc2c(c1)OCO2. The van der Waals surface area contributed by atoms with Gasteiger partial charge in [-0.2, -0.15) is 0 Å². The van der Waals surface area contributed by atoms with Gasteiger partial charge in [0, 0.05) is 7.05 Å². The molecule has 0 aliphatic carbocycles. The fourth-order valence-electron chi connectivity index (χ4n) is 4.24. The molecule has 1 aliphatic rings. The molecule has 0 fully saturated rings. The molecule has 4 aromatic rings. The molecule has 0 saturated heterocycles. The molecule has 5 rings (SSSR count). The summed E-state index contributed by atoms with van der Waals surface area (Å²) in [5.74, 6) is 2.11. The lowest BCUT2D eigenvalue weighted by Gasteiger charge is -2.26. The van der Waals surface area contributed by atoms with Crippen molar-refractivity contribution >= 4 is 21.5 Å². The molecule has 0 atom stereocenters. The molecule has 186 valence electrons. The van der Waals surface area contributed by atoms with Crippen LogP contribution in [-0.4, -0.2) is 32.1 Å². The van der Waals surface area contributed by atoms with Crippen molar-refractivity contribution < 1.29 is 22.6 Å². The van der Waals surface area contributed by atoms with Crippen molar-refractivity contribution in [3.63, 3.8) is 0 Å². The maximum atomic E-state index is 14.2. The molecule has 0 saturated carbocycles. The number of hydrogen-bond acceptors (Lipinski definition) is 6. The number of aryl methyl sites for hydroxylation is 1. The van der Waals surface area contributed by atoms with E-state index in [1.165, 1.54) is 16.1 Å². The zero-order valence-electron chi connectivity index (χ0n) is 20.5. The van der Waals surface area contributed by atoms with E-state index in [0.29, 0.717) is 34.1 Å². The molecule has 3 aromatic carbocycles. The van der Waals surface area contributed by atoms with Gasteiger partial charge >= 0.3 is 0 Å². The maximum absolute atomic E-state index is 14.2. The van der Waals surface area contributed by atoms with Crippen molar-refractivity contribution in [1.29, 1.82) is 0 Å². The monoisotopic (exact) mass is 505 g/mol. The minimum Gasteiger partial charge on any atom is -0.479 e. The number of aromatic nitrogens is 2. The van der Waals surface area contributed by atoms with E-state index in [-0.39, 0.29) is 23.5 Å². The van der Waals surface area contributed by atoms with E-state index in [1.54, 1.807) is 55.6 Å². The molecule has 0 N–H and O–H groups in total. The first-order valence-electron chi connectivity index (χ1n) is 11.5. The highest BCUT2D eigenvalue weighted by atomic mass is 32.2. The molecular formula is C27H27N3O5S. The van der Waals surface area contributed by atoms with Crippen molar-refractivity contribution in [3.8, 4) is 28.5 Å². The van der Waals surface area contributed by atoms with Crippen LogP contribution in [0.2, 0.25) is 0 Å². The number of nitrogens with zero attached hydrogens (tertiary/aromatic N) is 3. The molecule has 9 heteroatoms. The van der Waals surface area contributed by atoms with Crippen LogP contribution in [0.3, 0.4) is 0 Å². The number of benzene rings is 3. The van der Waals surface area contributed by atoms with E-state index in [9.17, 15) is 8.42 Å². The summed E-state index contributed by atoms with van der Waals surface area (Å²) in [5, 5.41) is 4.51. The molecule has 0 unspecified atom stereocenters. The highest BCUT2D eigenvalue weighted by Gasteiger charge is 2.34. The van der Waals surface area contributed by atoms with Crippen LogP contribution < -0.4 is 18.5 Å². The topological polar surface area (TPSA) is 82.9 Å². The van der Waals surface area contributed by atoms with Gasteiger partial charge in [0.05, 0.1) is 23.3 Å². The fraction of sp³-hybridized carbons (Fsp3) is 0.222. The predicted molar refractivity (Wildman–Crippen MR) is 138 cm³/mol. The number of sulfonamides is 1. The Kier molecular flexibility index (Phi) is 6.09. The highest BCUT2D eigenvalue weighted by Crippen LogP contribution is 2.46. The van der Waals surface area contributed by atoms with Gasteiger partial charge in [0.1, 0.15) is 0 Å². The largest absolute Gasteiger partial charge is 0.479 e. The lowest BCUT2D eigenvalue weighted by atomic mass is 10.0. The second kappa shape index (κ2) is 9.23.